The molecule has 0 saturated carbocycles. The van der Waals surface area contributed by atoms with Gasteiger partial charge < -0.3 is 10.6 Å². The molecule has 3 N–H and O–H groups in total. The average molecular weight is 306 g/mol. The third-order valence-electron chi connectivity index (χ3n) is 2.56. The van der Waals surface area contributed by atoms with E-state index in [0.29, 0.717) is 19.5 Å². The Morgan fingerprint density at radius 1 is 1.15 bits per heavy atom. The smallest absolute Gasteiger partial charge is 0.208 e. The van der Waals surface area contributed by atoms with Gasteiger partial charge in [0.05, 0.1) is 6.26 Å². The summed E-state index contributed by atoms with van der Waals surface area (Å²) in [7, 11) is -3.09. The van der Waals surface area contributed by atoms with Crippen molar-refractivity contribution in [3.8, 4) is 0 Å². The van der Waals surface area contributed by atoms with E-state index in [2.05, 4.69) is 34.2 Å². The molecule has 0 aromatic carbocycles. The van der Waals surface area contributed by atoms with E-state index in [0.717, 1.165) is 37.6 Å². The Labute approximate surface area is 123 Å². The van der Waals surface area contributed by atoms with Crippen molar-refractivity contribution in [3.63, 3.8) is 0 Å². The number of sulfonamides is 1. The Balaban J connectivity index is 3.89. The second-order valence-electron chi connectivity index (χ2n) is 5.24. The minimum Gasteiger partial charge on any atom is -0.357 e. The molecule has 7 heteroatoms. The van der Waals surface area contributed by atoms with E-state index in [-0.39, 0.29) is 0 Å². The van der Waals surface area contributed by atoms with E-state index in [1.54, 1.807) is 0 Å². The van der Waals surface area contributed by atoms with Crippen molar-refractivity contribution in [1.82, 2.24) is 15.4 Å². The molecule has 20 heavy (non-hydrogen) atoms. The number of aliphatic imine (C=N–C) groups is 1. The van der Waals surface area contributed by atoms with Gasteiger partial charge in [-0.1, -0.05) is 13.8 Å². The molecule has 0 spiro atoms. The first-order valence-electron chi connectivity index (χ1n) is 7.32. The van der Waals surface area contributed by atoms with E-state index in [9.17, 15) is 8.42 Å². The molecule has 0 fully saturated rings. The van der Waals surface area contributed by atoms with E-state index in [1.165, 1.54) is 6.42 Å². The minimum absolute atomic E-state index is 0.426. The normalized spacial score (nSPS) is 12.8. The molecule has 0 amide bonds. The highest BCUT2D eigenvalue weighted by Crippen LogP contribution is 2.01. The number of hydrogen-bond donors (Lipinski definition) is 3. The maximum Gasteiger partial charge on any atom is 0.208 e. The van der Waals surface area contributed by atoms with Gasteiger partial charge in [-0.05, 0) is 32.1 Å². The van der Waals surface area contributed by atoms with Crippen LogP contribution in [0.15, 0.2) is 4.99 Å². The maximum absolute atomic E-state index is 10.9. The number of guanidine groups is 1. The Bertz CT molecular complexity index is 367. The van der Waals surface area contributed by atoms with Crippen molar-refractivity contribution in [3.05, 3.63) is 0 Å². The predicted octanol–water partition coefficient (Wildman–Crippen LogP) is 0.917. The summed E-state index contributed by atoms with van der Waals surface area (Å²) in [5.74, 6) is 1.52. The molecule has 0 aliphatic rings. The number of rotatable bonds is 10. The summed E-state index contributed by atoms with van der Waals surface area (Å²) in [6, 6.07) is 0. The minimum atomic E-state index is -3.09. The number of nitrogens with one attached hydrogen (secondary N) is 3. The summed E-state index contributed by atoms with van der Waals surface area (Å²) in [4.78, 5) is 4.41. The topological polar surface area (TPSA) is 82.6 Å². The van der Waals surface area contributed by atoms with Crippen molar-refractivity contribution in [2.75, 3.05) is 32.4 Å². The summed E-state index contributed by atoms with van der Waals surface area (Å²) in [5.41, 5.74) is 0. The van der Waals surface area contributed by atoms with Gasteiger partial charge in [-0.3, -0.25) is 4.99 Å². The van der Waals surface area contributed by atoms with Gasteiger partial charge in [0.1, 0.15) is 0 Å². The SMILES string of the molecule is CCNC(=NCCCNS(C)(=O)=O)NCCCC(C)C. The number of hydrogen-bond acceptors (Lipinski definition) is 3. The molecule has 0 heterocycles. The van der Waals surface area contributed by atoms with Crippen LogP contribution in [0.4, 0.5) is 0 Å². The highest BCUT2D eigenvalue weighted by Gasteiger charge is 2.00. The first-order valence-corrected chi connectivity index (χ1v) is 9.21. The maximum atomic E-state index is 10.9. The Morgan fingerprint density at radius 2 is 1.85 bits per heavy atom. The van der Waals surface area contributed by atoms with Crippen LogP contribution in [0.25, 0.3) is 0 Å². The molecule has 0 aliphatic carbocycles. The van der Waals surface area contributed by atoms with Gasteiger partial charge in [-0.15, -0.1) is 0 Å². The largest absolute Gasteiger partial charge is 0.357 e. The lowest BCUT2D eigenvalue weighted by molar-refractivity contribution is 0.549. The lowest BCUT2D eigenvalue weighted by atomic mass is 10.1. The molecule has 0 unspecified atom stereocenters. The van der Waals surface area contributed by atoms with Crippen LogP contribution in [0.3, 0.4) is 0 Å². The van der Waals surface area contributed by atoms with Crippen molar-refractivity contribution in [2.45, 2.75) is 40.0 Å². The highest BCUT2D eigenvalue weighted by atomic mass is 32.2. The summed E-state index contributed by atoms with van der Waals surface area (Å²) in [6.07, 6.45) is 4.18. The molecular formula is C13H30N4O2S. The number of nitrogens with zero attached hydrogens (tertiary/aromatic N) is 1. The van der Waals surface area contributed by atoms with Gasteiger partial charge in [0.25, 0.3) is 0 Å². The van der Waals surface area contributed by atoms with Crippen molar-refractivity contribution < 1.29 is 8.42 Å². The Kier molecular flexibility index (Phi) is 10.5. The van der Waals surface area contributed by atoms with E-state index in [4.69, 9.17) is 0 Å². The van der Waals surface area contributed by atoms with Gasteiger partial charge in [0.15, 0.2) is 5.96 Å². The summed E-state index contributed by atoms with van der Waals surface area (Å²) in [6.45, 7) is 9.21. The molecule has 0 aliphatic heterocycles. The summed E-state index contributed by atoms with van der Waals surface area (Å²) < 4.78 is 24.2. The molecule has 0 rings (SSSR count). The Morgan fingerprint density at radius 3 is 2.40 bits per heavy atom. The van der Waals surface area contributed by atoms with Gasteiger partial charge in [-0.2, -0.15) is 0 Å². The summed E-state index contributed by atoms with van der Waals surface area (Å²) >= 11 is 0. The van der Waals surface area contributed by atoms with E-state index < -0.39 is 10.0 Å². The molecule has 0 radical (unpaired) electrons. The first-order chi connectivity index (χ1) is 9.35. The molecule has 0 saturated heterocycles. The quantitative estimate of drug-likeness (QED) is 0.318. The zero-order chi connectivity index (χ0) is 15.4. The highest BCUT2D eigenvalue weighted by molar-refractivity contribution is 7.88. The van der Waals surface area contributed by atoms with Crippen molar-refractivity contribution in [1.29, 1.82) is 0 Å². The fraction of sp³-hybridized carbons (Fsp3) is 0.923. The zero-order valence-corrected chi connectivity index (χ0v) is 14.0. The first kappa shape index (κ1) is 19.2. The average Bonchev–Trinajstić information content (AvgIpc) is 2.32. The van der Waals surface area contributed by atoms with Crippen LogP contribution in [0.1, 0.15) is 40.0 Å². The molecule has 120 valence electrons. The zero-order valence-electron chi connectivity index (χ0n) is 13.2. The molecule has 0 bridgehead atoms. The van der Waals surface area contributed by atoms with Crippen LogP contribution in [0.2, 0.25) is 0 Å². The predicted molar refractivity (Wildman–Crippen MR) is 85.5 cm³/mol. The van der Waals surface area contributed by atoms with Gasteiger partial charge in [0, 0.05) is 26.2 Å². The molecule has 6 nitrogen and oxygen atoms in total. The standard InChI is InChI=1S/C13H30N4O2S/c1-5-14-13(15-9-6-8-12(2)3)16-10-7-11-17-20(4,18)19/h12,17H,5-11H2,1-4H3,(H2,14,15,16). The van der Waals surface area contributed by atoms with Crippen LogP contribution < -0.4 is 15.4 Å². The van der Waals surface area contributed by atoms with Crippen molar-refractivity contribution >= 4 is 16.0 Å². The van der Waals surface area contributed by atoms with Crippen LogP contribution in [0.5, 0.6) is 0 Å². The lowest BCUT2D eigenvalue weighted by Crippen LogP contribution is -2.38. The van der Waals surface area contributed by atoms with Crippen LogP contribution >= 0.6 is 0 Å². The molecule has 0 aromatic heterocycles. The molecule has 0 aromatic rings. The van der Waals surface area contributed by atoms with E-state index in [1.807, 2.05) is 6.92 Å². The molecular weight excluding hydrogens is 276 g/mol. The fourth-order valence-electron chi connectivity index (χ4n) is 1.59. The third kappa shape index (κ3) is 13.6. The van der Waals surface area contributed by atoms with Gasteiger partial charge in [0.2, 0.25) is 10.0 Å². The second-order valence-corrected chi connectivity index (χ2v) is 7.08. The van der Waals surface area contributed by atoms with Gasteiger partial charge in [-0.25, -0.2) is 13.1 Å². The van der Waals surface area contributed by atoms with Crippen LogP contribution in [-0.4, -0.2) is 46.8 Å². The lowest BCUT2D eigenvalue weighted by Gasteiger charge is -2.12. The van der Waals surface area contributed by atoms with Crippen LogP contribution in [0, 0.1) is 5.92 Å². The van der Waals surface area contributed by atoms with Crippen molar-refractivity contribution in [2.24, 2.45) is 10.9 Å². The summed E-state index contributed by atoms with van der Waals surface area (Å²) in [5, 5.41) is 6.46. The molecule has 0 atom stereocenters. The van der Waals surface area contributed by atoms with Gasteiger partial charge >= 0.3 is 0 Å². The van der Waals surface area contributed by atoms with Crippen LogP contribution in [-0.2, 0) is 10.0 Å². The second kappa shape index (κ2) is 10.9. The van der Waals surface area contributed by atoms with E-state index >= 15 is 0 Å². The monoisotopic (exact) mass is 306 g/mol. The third-order valence-corrected chi connectivity index (χ3v) is 3.29. The Hall–Kier alpha value is -0.820. The fourth-order valence-corrected chi connectivity index (χ4v) is 2.10.